The summed E-state index contributed by atoms with van der Waals surface area (Å²) in [6.45, 7) is 3.64. The largest absolute Gasteiger partial charge is 0.456 e. The van der Waals surface area contributed by atoms with E-state index >= 15 is 0 Å². The van der Waals surface area contributed by atoms with E-state index in [-0.39, 0.29) is 0 Å². The third-order valence-electron chi connectivity index (χ3n) is 9.46. The molecule has 9 rings (SSSR count). The molecule has 0 saturated carbocycles. The molecule has 9 aromatic rings. The summed E-state index contributed by atoms with van der Waals surface area (Å²) < 4.78 is 19.1. The normalized spacial score (nSPS) is 11.8. The molecule has 51 heavy (non-hydrogen) atoms. The van der Waals surface area contributed by atoms with Crippen LogP contribution >= 0.6 is 7.14 Å². The van der Waals surface area contributed by atoms with Crippen LogP contribution in [0.4, 0.5) is 0 Å². The summed E-state index contributed by atoms with van der Waals surface area (Å²) in [5.41, 5.74) is 8.73. The lowest BCUT2D eigenvalue weighted by Crippen LogP contribution is -2.02. The first-order valence-corrected chi connectivity index (χ1v) is 19.5. The van der Waals surface area contributed by atoms with Crippen molar-refractivity contribution in [2.75, 3.05) is 13.3 Å². The Morgan fingerprint density at radius 2 is 0.922 bits per heavy atom. The zero-order chi connectivity index (χ0) is 34.5. The van der Waals surface area contributed by atoms with Crippen LogP contribution in [0.15, 0.2) is 162 Å². The van der Waals surface area contributed by atoms with Crippen LogP contribution in [-0.2, 0) is 4.57 Å². The summed E-state index contributed by atoms with van der Waals surface area (Å²) in [5, 5.41) is 5.33. The maximum Gasteiger partial charge on any atom is 0.164 e. The Labute approximate surface area is 295 Å². The molecule has 0 saturated heterocycles. The van der Waals surface area contributed by atoms with Crippen LogP contribution in [0.3, 0.4) is 0 Å². The fraction of sp³-hybridized carbons (Fsp3) is 0.0444. The van der Waals surface area contributed by atoms with Crippen LogP contribution in [0.5, 0.6) is 0 Å². The molecule has 2 heterocycles. The first-order valence-electron chi connectivity index (χ1n) is 16.9. The molecular formula is C45H32N3O2P. The minimum Gasteiger partial charge on any atom is -0.456 e. The smallest absolute Gasteiger partial charge is 0.164 e. The highest BCUT2D eigenvalue weighted by molar-refractivity contribution is 7.70. The lowest BCUT2D eigenvalue weighted by atomic mass is 9.92. The second-order valence-corrected chi connectivity index (χ2v) is 16.4. The average Bonchev–Trinajstić information content (AvgIpc) is 3.55. The van der Waals surface area contributed by atoms with Gasteiger partial charge in [-0.2, -0.15) is 0 Å². The number of hydrogen-bond acceptors (Lipinski definition) is 5. The zero-order valence-corrected chi connectivity index (χ0v) is 29.0. The molecule has 0 fully saturated rings. The maximum atomic E-state index is 12.9. The average molecular weight is 678 g/mol. The molecule has 0 bridgehead atoms. The van der Waals surface area contributed by atoms with Crippen molar-refractivity contribution in [3.8, 4) is 56.4 Å². The van der Waals surface area contributed by atoms with E-state index in [1.165, 1.54) is 0 Å². The lowest BCUT2D eigenvalue weighted by molar-refractivity contribution is 0.588. The van der Waals surface area contributed by atoms with E-state index in [0.29, 0.717) is 17.5 Å². The minimum absolute atomic E-state index is 0.582. The van der Waals surface area contributed by atoms with Gasteiger partial charge in [-0.25, -0.2) is 15.0 Å². The number of nitrogens with zero attached hydrogens (tertiary/aromatic N) is 3. The Bertz CT molecular complexity index is 2800. The van der Waals surface area contributed by atoms with Gasteiger partial charge >= 0.3 is 0 Å². The zero-order valence-electron chi connectivity index (χ0n) is 28.1. The maximum absolute atomic E-state index is 12.9. The van der Waals surface area contributed by atoms with E-state index in [1.54, 1.807) is 0 Å². The van der Waals surface area contributed by atoms with E-state index < -0.39 is 7.14 Å². The van der Waals surface area contributed by atoms with Gasteiger partial charge in [-0.3, -0.25) is 0 Å². The van der Waals surface area contributed by atoms with E-state index in [2.05, 4.69) is 91.0 Å². The van der Waals surface area contributed by atoms with E-state index in [9.17, 15) is 4.57 Å². The van der Waals surface area contributed by atoms with Crippen molar-refractivity contribution in [2.24, 2.45) is 0 Å². The molecule has 0 aliphatic rings. The van der Waals surface area contributed by atoms with Crippen molar-refractivity contribution in [3.05, 3.63) is 158 Å². The molecule has 6 heteroatoms. The summed E-state index contributed by atoms with van der Waals surface area (Å²) >= 11 is 0. The summed E-state index contributed by atoms with van der Waals surface area (Å²) in [6.07, 6.45) is 0. The fourth-order valence-electron chi connectivity index (χ4n) is 6.83. The Balaban J connectivity index is 1.12. The van der Waals surface area contributed by atoms with Crippen LogP contribution in [-0.4, -0.2) is 28.3 Å². The van der Waals surface area contributed by atoms with Crippen molar-refractivity contribution in [2.45, 2.75) is 0 Å². The van der Waals surface area contributed by atoms with Crippen LogP contribution in [0, 0.1) is 0 Å². The summed E-state index contributed by atoms with van der Waals surface area (Å²) in [7, 11) is -2.39. The fourth-order valence-corrected chi connectivity index (χ4v) is 7.72. The van der Waals surface area contributed by atoms with Crippen molar-refractivity contribution in [1.82, 2.24) is 15.0 Å². The molecule has 0 aliphatic carbocycles. The van der Waals surface area contributed by atoms with Crippen molar-refractivity contribution in [3.63, 3.8) is 0 Å². The van der Waals surface area contributed by atoms with Gasteiger partial charge < -0.3 is 8.98 Å². The molecule has 0 aliphatic heterocycles. The van der Waals surface area contributed by atoms with Gasteiger partial charge in [0.15, 0.2) is 17.5 Å². The number of benzene rings is 7. The van der Waals surface area contributed by atoms with Crippen LogP contribution in [0.1, 0.15) is 0 Å². The third kappa shape index (κ3) is 5.72. The second-order valence-electron chi connectivity index (χ2n) is 13.2. The Kier molecular flexibility index (Phi) is 7.45. The van der Waals surface area contributed by atoms with Crippen molar-refractivity contribution < 1.29 is 8.98 Å². The Morgan fingerprint density at radius 3 is 1.61 bits per heavy atom. The van der Waals surface area contributed by atoms with Gasteiger partial charge in [0.05, 0.1) is 0 Å². The topological polar surface area (TPSA) is 68.9 Å². The molecule has 0 unspecified atom stereocenters. The van der Waals surface area contributed by atoms with E-state index in [4.69, 9.17) is 19.4 Å². The predicted octanol–water partition coefficient (Wildman–Crippen LogP) is 11.5. The molecule has 244 valence electrons. The number of hydrogen-bond donors (Lipinski definition) is 0. The SMILES string of the molecule is CP(C)(=O)c1cccc(-c2ccc(-c3ccc(-c4nc(-c5ccccc5)nc(-c5ccc6c(c5)oc5ccccc56)n4)cc3)c3ccccc23)c1. The quantitative estimate of drug-likeness (QED) is 0.164. The summed E-state index contributed by atoms with van der Waals surface area (Å²) in [4.78, 5) is 14.9. The Hall–Kier alpha value is -6.16. The van der Waals surface area contributed by atoms with Crippen molar-refractivity contribution >= 4 is 45.2 Å². The second kappa shape index (κ2) is 12.3. The molecule has 0 amide bonds. The summed E-state index contributed by atoms with van der Waals surface area (Å²) in [5.74, 6) is 1.79. The monoisotopic (exact) mass is 677 g/mol. The number of fused-ring (bicyclic) bond motifs is 4. The number of para-hydroxylation sites is 1. The van der Waals surface area contributed by atoms with Gasteiger partial charge in [0.2, 0.25) is 0 Å². The van der Waals surface area contributed by atoms with Crippen LogP contribution in [0.2, 0.25) is 0 Å². The molecule has 0 atom stereocenters. The molecule has 7 aromatic carbocycles. The first-order chi connectivity index (χ1) is 24.9. The van der Waals surface area contributed by atoms with E-state index in [1.807, 2.05) is 80.1 Å². The number of aromatic nitrogens is 3. The van der Waals surface area contributed by atoms with Gasteiger partial charge in [0, 0.05) is 32.8 Å². The van der Waals surface area contributed by atoms with Gasteiger partial charge in [-0.1, -0.05) is 133 Å². The number of furan rings is 1. The first kappa shape index (κ1) is 30.9. The van der Waals surface area contributed by atoms with Crippen molar-refractivity contribution in [1.29, 1.82) is 0 Å². The molecule has 0 radical (unpaired) electrons. The Morgan fingerprint density at radius 1 is 0.412 bits per heavy atom. The highest BCUT2D eigenvalue weighted by atomic mass is 31.2. The van der Waals surface area contributed by atoms with Crippen LogP contribution < -0.4 is 5.30 Å². The minimum atomic E-state index is -2.39. The van der Waals surface area contributed by atoms with Gasteiger partial charge in [0.25, 0.3) is 0 Å². The molecule has 0 N–H and O–H groups in total. The van der Waals surface area contributed by atoms with Gasteiger partial charge in [0.1, 0.15) is 18.3 Å². The predicted molar refractivity (Wildman–Crippen MR) is 211 cm³/mol. The van der Waals surface area contributed by atoms with Gasteiger partial charge in [-0.05, 0) is 70.6 Å². The van der Waals surface area contributed by atoms with Gasteiger partial charge in [-0.15, -0.1) is 0 Å². The lowest BCUT2D eigenvalue weighted by Gasteiger charge is -2.14. The molecule has 5 nitrogen and oxygen atoms in total. The summed E-state index contributed by atoms with van der Waals surface area (Å²) in [6, 6.07) is 53.6. The molecule has 2 aromatic heterocycles. The molecule has 0 spiro atoms. The number of rotatable bonds is 6. The standard InChI is InChI=1S/C45H32N3O2P/c1-51(2,49)34-14-10-13-32(27-34)36-26-25-35(37-15-6-7-16-38(36)37)29-19-21-31(22-20-29)44-46-43(30-11-4-3-5-12-30)47-45(48-44)33-23-24-40-39-17-8-9-18-41(39)50-42(40)28-33/h3-28H,1-2H3. The van der Waals surface area contributed by atoms with Crippen LogP contribution in [0.25, 0.3) is 89.1 Å². The highest BCUT2D eigenvalue weighted by Gasteiger charge is 2.17. The van der Waals surface area contributed by atoms with E-state index in [0.717, 1.165) is 77.0 Å². The highest BCUT2D eigenvalue weighted by Crippen LogP contribution is 2.39. The molecular weight excluding hydrogens is 645 g/mol. The third-order valence-corrected chi connectivity index (χ3v) is 11.0.